The maximum absolute atomic E-state index is 8.99. The van der Waals surface area contributed by atoms with Crippen LogP contribution < -0.4 is 5.73 Å². The van der Waals surface area contributed by atoms with E-state index in [1.807, 2.05) is 25.4 Å². The van der Waals surface area contributed by atoms with Crippen molar-refractivity contribution >= 4 is 28.5 Å². The van der Waals surface area contributed by atoms with E-state index < -0.39 is 0 Å². The van der Waals surface area contributed by atoms with E-state index in [-0.39, 0.29) is 10.9 Å². The molecule has 0 saturated heterocycles. The fraction of sp³-hybridized carbons (Fsp3) is 0.294. The molecule has 0 aromatic carbocycles. The third kappa shape index (κ3) is 3.19. The molecular formula is C17H18N6S. The molecule has 0 aliphatic rings. The quantitative estimate of drug-likeness (QED) is 0.554. The minimum atomic E-state index is 0.0395. The second-order valence-corrected chi connectivity index (χ2v) is 7.19. The van der Waals surface area contributed by atoms with Gasteiger partial charge in [0.15, 0.2) is 5.16 Å². The summed E-state index contributed by atoms with van der Waals surface area (Å²) < 4.78 is 0. The van der Waals surface area contributed by atoms with E-state index in [4.69, 9.17) is 11.0 Å². The molecular weight excluding hydrogens is 320 g/mol. The fourth-order valence-electron chi connectivity index (χ4n) is 2.53. The highest BCUT2D eigenvalue weighted by atomic mass is 32.2. The smallest absolute Gasteiger partial charge is 0.191 e. The number of hydrogen-bond acceptors (Lipinski definition) is 6. The van der Waals surface area contributed by atoms with Crippen molar-refractivity contribution in [1.29, 1.82) is 5.26 Å². The van der Waals surface area contributed by atoms with Gasteiger partial charge in [-0.2, -0.15) is 5.26 Å². The van der Waals surface area contributed by atoms with Gasteiger partial charge in [0.05, 0.1) is 22.7 Å². The van der Waals surface area contributed by atoms with Crippen LogP contribution in [0.2, 0.25) is 0 Å². The van der Waals surface area contributed by atoms with Crippen LogP contribution in [0.5, 0.6) is 0 Å². The van der Waals surface area contributed by atoms with Gasteiger partial charge in [0.25, 0.3) is 0 Å². The van der Waals surface area contributed by atoms with Crippen LogP contribution in [-0.2, 0) is 0 Å². The number of aromatic nitrogens is 4. The van der Waals surface area contributed by atoms with Crippen molar-refractivity contribution in [3.8, 4) is 6.07 Å². The number of rotatable bonds is 4. The van der Waals surface area contributed by atoms with Crippen LogP contribution >= 0.6 is 11.8 Å². The molecule has 3 aromatic rings. The number of nitriles is 1. The lowest BCUT2D eigenvalue weighted by Gasteiger charge is -2.11. The van der Waals surface area contributed by atoms with Crippen molar-refractivity contribution in [3.63, 3.8) is 0 Å². The molecule has 24 heavy (non-hydrogen) atoms. The second-order valence-electron chi connectivity index (χ2n) is 5.89. The topological polar surface area (TPSA) is 104 Å². The van der Waals surface area contributed by atoms with E-state index in [1.165, 1.54) is 28.8 Å². The second kappa shape index (κ2) is 6.49. The zero-order valence-electron chi connectivity index (χ0n) is 13.7. The number of hydrogen-bond donors (Lipinski definition) is 2. The Labute approximate surface area is 144 Å². The zero-order chi connectivity index (χ0) is 17.3. The van der Waals surface area contributed by atoms with Crippen LogP contribution in [0, 0.1) is 11.3 Å². The average molecular weight is 338 g/mol. The fourth-order valence-corrected chi connectivity index (χ4v) is 3.41. The SMILES string of the molecule is CC(C)c1c[nH]c2cnc(C(C)Sc3nc(N)cc(C#N)n3)cc12. The third-order valence-electron chi connectivity index (χ3n) is 3.78. The molecule has 0 amide bonds. The first kappa shape index (κ1) is 16.3. The van der Waals surface area contributed by atoms with Gasteiger partial charge in [0.1, 0.15) is 17.6 Å². The first-order chi connectivity index (χ1) is 11.5. The molecule has 0 bridgehead atoms. The Balaban J connectivity index is 1.91. The molecule has 122 valence electrons. The number of H-pyrrole nitrogens is 1. The predicted molar refractivity (Wildman–Crippen MR) is 95.6 cm³/mol. The number of nitrogens with one attached hydrogen (secondary N) is 1. The van der Waals surface area contributed by atoms with Gasteiger partial charge in [0, 0.05) is 17.6 Å². The van der Waals surface area contributed by atoms with Gasteiger partial charge in [-0.25, -0.2) is 9.97 Å². The van der Waals surface area contributed by atoms with E-state index >= 15 is 0 Å². The number of pyridine rings is 1. The number of thioether (sulfide) groups is 1. The molecule has 3 aromatic heterocycles. The molecule has 3 N–H and O–H groups in total. The summed E-state index contributed by atoms with van der Waals surface area (Å²) in [6, 6.07) is 5.57. The minimum absolute atomic E-state index is 0.0395. The molecule has 6 nitrogen and oxygen atoms in total. The number of nitrogen functional groups attached to an aromatic ring is 1. The highest BCUT2D eigenvalue weighted by molar-refractivity contribution is 7.99. The maximum Gasteiger partial charge on any atom is 0.191 e. The molecule has 0 saturated carbocycles. The first-order valence-corrected chi connectivity index (χ1v) is 8.54. The maximum atomic E-state index is 8.99. The van der Waals surface area contributed by atoms with Gasteiger partial charge in [0.2, 0.25) is 0 Å². The molecule has 0 fully saturated rings. The van der Waals surface area contributed by atoms with Crippen LogP contribution in [-0.4, -0.2) is 19.9 Å². The Kier molecular flexibility index (Phi) is 4.40. The first-order valence-electron chi connectivity index (χ1n) is 7.66. The van der Waals surface area contributed by atoms with Crippen molar-refractivity contribution in [2.75, 3.05) is 5.73 Å². The lowest BCUT2D eigenvalue weighted by molar-refractivity contribution is 0.875. The average Bonchev–Trinajstić information content (AvgIpc) is 2.97. The summed E-state index contributed by atoms with van der Waals surface area (Å²) in [5.41, 5.74) is 9.25. The largest absolute Gasteiger partial charge is 0.384 e. The summed E-state index contributed by atoms with van der Waals surface area (Å²) in [5, 5.41) is 10.7. The highest BCUT2D eigenvalue weighted by Crippen LogP contribution is 2.34. The van der Waals surface area contributed by atoms with Gasteiger partial charge in [-0.05, 0) is 24.5 Å². The summed E-state index contributed by atoms with van der Waals surface area (Å²) in [4.78, 5) is 16.2. The van der Waals surface area contributed by atoms with Crippen LogP contribution in [0.3, 0.4) is 0 Å². The molecule has 0 aliphatic carbocycles. The van der Waals surface area contributed by atoms with Crippen molar-refractivity contribution in [1.82, 2.24) is 19.9 Å². The third-order valence-corrected chi connectivity index (χ3v) is 4.77. The van der Waals surface area contributed by atoms with E-state index in [0.717, 1.165) is 11.2 Å². The van der Waals surface area contributed by atoms with Gasteiger partial charge in [-0.1, -0.05) is 25.6 Å². The lowest BCUT2D eigenvalue weighted by Crippen LogP contribution is -2.00. The lowest BCUT2D eigenvalue weighted by atomic mass is 10.0. The molecule has 3 rings (SSSR count). The molecule has 0 radical (unpaired) electrons. The van der Waals surface area contributed by atoms with Crippen LogP contribution in [0.4, 0.5) is 5.82 Å². The van der Waals surface area contributed by atoms with Crippen molar-refractivity contribution in [3.05, 3.63) is 41.5 Å². The number of nitrogens with zero attached hydrogens (tertiary/aromatic N) is 4. The molecule has 0 spiro atoms. The summed E-state index contributed by atoms with van der Waals surface area (Å²) in [6.07, 6.45) is 3.90. The Hall–Kier alpha value is -2.59. The molecule has 7 heteroatoms. The normalized spacial score (nSPS) is 12.5. The van der Waals surface area contributed by atoms with Crippen molar-refractivity contribution in [2.24, 2.45) is 0 Å². The van der Waals surface area contributed by atoms with E-state index in [9.17, 15) is 0 Å². The standard InChI is InChI=1S/C17H18N6S/c1-9(2)13-7-20-15-8-21-14(5-12(13)15)10(3)24-17-22-11(6-18)4-16(19)23-17/h4-5,7-10,20H,1-3H3,(H2,19,22,23). The molecule has 3 heterocycles. The molecule has 1 atom stereocenters. The summed E-state index contributed by atoms with van der Waals surface area (Å²) in [6.45, 7) is 6.38. The Morgan fingerprint density at radius 1 is 1.25 bits per heavy atom. The van der Waals surface area contributed by atoms with Crippen LogP contribution in [0.1, 0.15) is 48.9 Å². The predicted octanol–water partition coefficient (Wildman–Crippen LogP) is 3.78. The number of aromatic amines is 1. The highest BCUT2D eigenvalue weighted by Gasteiger charge is 2.15. The Morgan fingerprint density at radius 3 is 2.75 bits per heavy atom. The van der Waals surface area contributed by atoms with Gasteiger partial charge < -0.3 is 10.7 Å². The van der Waals surface area contributed by atoms with E-state index in [0.29, 0.717) is 16.9 Å². The Morgan fingerprint density at radius 2 is 2.04 bits per heavy atom. The minimum Gasteiger partial charge on any atom is -0.384 e. The monoisotopic (exact) mass is 338 g/mol. The van der Waals surface area contributed by atoms with Gasteiger partial charge >= 0.3 is 0 Å². The van der Waals surface area contributed by atoms with Gasteiger partial charge in [-0.15, -0.1) is 0 Å². The Bertz CT molecular complexity index is 924. The summed E-state index contributed by atoms with van der Waals surface area (Å²) in [5.74, 6) is 0.736. The zero-order valence-corrected chi connectivity index (χ0v) is 14.6. The van der Waals surface area contributed by atoms with Crippen molar-refractivity contribution < 1.29 is 0 Å². The number of fused-ring (bicyclic) bond motifs is 1. The van der Waals surface area contributed by atoms with Crippen molar-refractivity contribution in [2.45, 2.75) is 37.1 Å². The number of nitrogens with two attached hydrogens (primary N) is 1. The van der Waals surface area contributed by atoms with E-state index in [1.54, 1.807) is 0 Å². The van der Waals surface area contributed by atoms with Crippen LogP contribution in [0.15, 0.2) is 29.7 Å². The molecule has 0 aliphatic heterocycles. The number of anilines is 1. The van der Waals surface area contributed by atoms with Crippen LogP contribution in [0.25, 0.3) is 10.9 Å². The molecule has 1 unspecified atom stereocenters. The van der Waals surface area contributed by atoms with Gasteiger partial charge in [-0.3, -0.25) is 4.98 Å². The summed E-state index contributed by atoms with van der Waals surface area (Å²) in [7, 11) is 0. The van der Waals surface area contributed by atoms with E-state index in [2.05, 4.69) is 39.8 Å². The summed E-state index contributed by atoms with van der Waals surface area (Å²) >= 11 is 1.44.